The summed E-state index contributed by atoms with van der Waals surface area (Å²) in [5.41, 5.74) is 0.275. The molecule has 2 heterocycles. The molecule has 1 unspecified atom stereocenters. The third-order valence-corrected chi connectivity index (χ3v) is 4.75. The number of aryl methyl sites for hydroxylation is 1. The lowest BCUT2D eigenvalue weighted by atomic mass is 10.2. The minimum absolute atomic E-state index is 0.204. The fraction of sp³-hybridized carbons (Fsp3) is 0.294. The third kappa shape index (κ3) is 2.92. The van der Waals surface area contributed by atoms with Crippen molar-refractivity contribution in [3.05, 3.63) is 62.0 Å². The molecule has 9 heteroatoms. The van der Waals surface area contributed by atoms with E-state index in [1.807, 2.05) is 18.2 Å². The van der Waals surface area contributed by atoms with Crippen molar-refractivity contribution in [3.63, 3.8) is 0 Å². The van der Waals surface area contributed by atoms with Crippen LogP contribution in [0.15, 0.2) is 40.2 Å². The molecule has 2 aromatic heterocycles. The lowest BCUT2D eigenvalue weighted by molar-refractivity contribution is -0.123. The number of hydrogen-bond donors (Lipinski definition) is 1. The maximum atomic E-state index is 12.5. The second kappa shape index (κ2) is 6.80. The number of imidazole rings is 1. The van der Waals surface area contributed by atoms with Gasteiger partial charge < -0.3 is 9.88 Å². The number of carbonyl (C=O) groups excluding carboxylic acids is 1. The highest BCUT2D eigenvalue weighted by atomic mass is 35.5. The molecule has 3 aromatic rings. The van der Waals surface area contributed by atoms with Gasteiger partial charge in [-0.25, -0.2) is 9.78 Å². The van der Waals surface area contributed by atoms with E-state index in [0.29, 0.717) is 5.02 Å². The molecule has 0 aliphatic rings. The van der Waals surface area contributed by atoms with E-state index in [1.165, 1.54) is 29.6 Å². The van der Waals surface area contributed by atoms with Gasteiger partial charge in [-0.1, -0.05) is 29.8 Å². The number of rotatable bonds is 4. The molecule has 0 aliphatic carbocycles. The van der Waals surface area contributed by atoms with Gasteiger partial charge in [0.25, 0.3) is 5.56 Å². The summed E-state index contributed by atoms with van der Waals surface area (Å²) >= 11 is 6.09. The zero-order chi connectivity index (χ0) is 19.0. The molecule has 26 heavy (non-hydrogen) atoms. The maximum Gasteiger partial charge on any atom is 0.332 e. The topological polar surface area (TPSA) is 90.9 Å². The van der Waals surface area contributed by atoms with Crippen LogP contribution in [0.3, 0.4) is 0 Å². The summed E-state index contributed by atoms with van der Waals surface area (Å²) in [5, 5.41) is 3.37. The Bertz CT molecular complexity index is 1110. The first-order chi connectivity index (χ1) is 12.3. The van der Waals surface area contributed by atoms with Crippen LogP contribution in [0.25, 0.3) is 11.2 Å². The van der Waals surface area contributed by atoms with Crippen LogP contribution in [0, 0.1) is 0 Å². The van der Waals surface area contributed by atoms with Crippen LogP contribution < -0.4 is 16.6 Å². The molecule has 1 N–H and O–H groups in total. The first-order valence-corrected chi connectivity index (χ1v) is 8.34. The number of nitrogens with one attached hydrogen (secondary N) is 1. The maximum absolute atomic E-state index is 12.5. The molecule has 0 aliphatic heterocycles. The zero-order valence-electron chi connectivity index (χ0n) is 14.6. The second-order valence-corrected chi connectivity index (χ2v) is 6.42. The monoisotopic (exact) mass is 375 g/mol. The van der Waals surface area contributed by atoms with Crippen LogP contribution in [0.5, 0.6) is 0 Å². The molecule has 0 saturated carbocycles. The summed E-state index contributed by atoms with van der Waals surface area (Å²) < 4.78 is 3.75. The molecular weight excluding hydrogens is 358 g/mol. The van der Waals surface area contributed by atoms with Crippen molar-refractivity contribution < 1.29 is 4.79 Å². The van der Waals surface area contributed by atoms with E-state index in [9.17, 15) is 14.4 Å². The number of aromatic nitrogens is 4. The van der Waals surface area contributed by atoms with Crippen LogP contribution in [-0.4, -0.2) is 24.6 Å². The summed E-state index contributed by atoms with van der Waals surface area (Å²) in [5.74, 6) is -0.292. The Morgan fingerprint density at radius 2 is 1.92 bits per heavy atom. The molecule has 0 radical (unpaired) electrons. The molecule has 0 fully saturated rings. The smallest absolute Gasteiger partial charge is 0.332 e. The Labute approximate surface area is 153 Å². The Kier molecular flexibility index (Phi) is 4.69. The summed E-state index contributed by atoms with van der Waals surface area (Å²) in [6.07, 6.45) is 1.39. The number of halogens is 1. The van der Waals surface area contributed by atoms with Crippen molar-refractivity contribution in [1.82, 2.24) is 24.0 Å². The minimum atomic E-state index is -0.687. The van der Waals surface area contributed by atoms with Crippen LogP contribution in [0.2, 0.25) is 5.02 Å². The molecule has 1 amide bonds. The van der Waals surface area contributed by atoms with Crippen molar-refractivity contribution in [3.8, 4) is 0 Å². The van der Waals surface area contributed by atoms with E-state index in [-0.39, 0.29) is 23.6 Å². The molecule has 8 nitrogen and oxygen atoms in total. The summed E-state index contributed by atoms with van der Waals surface area (Å²) in [4.78, 5) is 41.1. The van der Waals surface area contributed by atoms with E-state index >= 15 is 0 Å². The second-order valence-electron chi connectivity index (χ2n) is 6.02. The Morgan fingerprint density at radius 3 is 2.62 bits per heavy atom. The Hall–Kier alpha value is -2.87. The van der Waals surface area contributed by atoms with Gasteiger partial charge in [0.15, 0.2) is 11.2 Å². The highest BCUT2D eigenvalue weighted by molar-refractivity contribution is 6.31. The van der Waals surface area contributed by atoms with Gasteiger partial charge in [0, 0.05) is 25.7 Å². The van der Waals surface area contributed by atoms with Crippen molar-refractivity contribution in [2.45, 2.75) is 19.5 Å². The summed E-state index contributed by atoms with van der Waals surface area (Å²) in [7, 11) is 2.92. The molecule has 1 aromatic carbocycles. The Morgan fingerprint density at radius 1 is 1.23 bits per heavy atom. The molecule has 136 valence electrons. The predicted molar refractivity (Wildman–Crippen MR) is 98.2 cm³/mol. The van der Waals surface area contributed by atoms with Gasteiger partial charge in [0.05, 0.1) is 6.33 Å². The average molecular weight is 376 g/mol. The van der Waals surface area contributed by atoms with Gasteiger partial charge in [-0.3, -0.25) is 18.7 Å². The van der Waals surface area contributed by atoms with Gasteiger partial charge in [-0.15, -0.1) is 0 Å². The Balaban J connectivity index is 1.92. The number of hydrogen-bond acceptors (Lipinski definition) is 4. The molecular formula is C17H18ClN5O3. The molecule has 0 spiro atoms. The van der Waals surface area contributed by atoms with Crippen LogP contribution in [-0.2, 0) is 25.4 Å². The van der Waals surface area contributed by atoms with E-state index < -0.39 is 17.3 Å². The first kappa shape index (κ1) is 17.9. The van der Waals surface area contributed by atoms with Crippen molar-refractivity contribution in [2.24, 2.45) is 14.1 Å². The largest absolute Gasteiger partial charge is 0.350 e. The fourth-order valence-electron chi connectivity index (χ4n) is 2.76. The predicted octanol–water partition coefficient (Wildman–Crippen LogP) is 0.964. The molecule has 1 atom stereocenters. The number of nitrogens with zero attached hydrogens (tertiary/aromatic N) is 4. The SMILES string of the molecule is CC(C(=O)NCc1ccccc1Cl)n1cnc2c1c(=O)n(C)c(=O)n2C. The van der Waals surface area contributed by atoms with Crippen molar-refractivity contribution in [2.75, 3.05) is 0 Å². The molecule has 3 rings (SSSR count). The quantitative estimate of drug-likeness (QED) is 0.735. The molecule has 0 saturated heterocycles. The normalized spacial score (nSPS) is 12.3. The van der Waals surface area contributed by atoms with E-state index in [2.05, 4.69) is 10.3 Å². The van der Waals surface area contributed by atoms with Crippen LogP contribution >= 0.6 is 11.6 Å². The van der Waals surface area contributed by atoms with Gasteiger partial charge >= 0.3 is 5.69 Å². The number of benzene rings is 1. The summed E-state index contributed by atoms with van der Waals surface area (Å²) in [6, 6.07) is 6.54. The van der Waals surface area contributed by atoms with Gasteiger partial charge in [0.2, 0.25) is 5.91 Å². The highest BCUT2D eigenvalue weighted by Gasteiger charge is 2.21. The van der Waals surface area contributed by atoms with Crippen molar-refractivity contribution in [1.29, 1.82) is 0 Å². The highest BCUT2D eigenvalue weighted by Crippen LogP contribution is 2.16. The van der Waals surface area contributed by atoms with E-state index in [4.69, 9.17) is 11.6 Å². The standard InChI is InChI=1S/C17H18ClN5O3/c1-10(15(24)19-8-11-6-4-5-7-12(11)18)23-9-20-14-13(23)16(25)22(3)17(26)21(14)2/h4-7,9-10H,8H2,1-3H3,(H,19,24). The number of fused-ring (bicyclic) bond motifs is 1. The van der Waals surface area contributed by atoms with Crippen LogP contribution in [0.1, 0.15) is 18.5 Å². The lowest BCUT2D eigenvalue weighted by Gasteiger charge is -2.15. The first-order valence-electron chi connectivity index (χ1n) is 7.96. The third-order valence-electron chi connectivity index (χ3n) is 4.38. The fourth-order valence-corrected chi connectivity index (χ4v) is 2.96. The van der Waals surface area contributed by atoms with Gasteiger partial charge in [-0.05, 0) is 18.6 Å². The summed E-state index contributed by atoms with van der Waals surface area (Å²) in [6.45, 7) is 1.93. The van der Waals surface area contributed by atoms with Gasteiger partial charge in [0.1, 0.15) is 6.04 Å². The van der Waals surface area contributed by atoms with E-state index in [1.54, 1.807) is 13.0 Å². The van der Waals surface area contributed by atoms with Gasteiger partial charge in [-0.2, -0.15) is 0 Å². The minimum Gasteiger partial charge on any atom is -0.350 e. The van der Waals surface area contributed by atoms with Crippen molar-refractivity contribution >= 4 is 28.7 Å². The molecule has 0 bridgehead atoms. The average Bonchev–Trinajstić information content (AvgIpc) is 3.08. The van der Waals surface area contributed by atoms with E-state index in [0.717, 1.165) is 10.1 Å². The number of amides is 1. The number of carbonyl (C=O) groups is 1. The zero-order valence-corrected chi connectivity index (χ0v) is 15.3. The van der Waals surface area contributed by atoms with Crippen LogP contribution in [0.4, 0.5) is 0 Å². The lowest BCUT2D eigenvalue weighted by Crippen LogP contribution is -2.38.